The number of hydrogen-bond acceptors (Lipinski definition) is 4. The van der Waals surface area contributed by atoms with Crippen LogP contribution < -0.4 is 5.32 Å². The van der Waals surface area contributed by atoms with Crippen molar-refractivity contribution in [2.24, 2.45) is 7.05 Å². The number of halogens is 1. The van der Waals surface area contributed by atoms with Gasteiger partial charge in [-0.1, -0.05) is 41.9 Å². The molecule has 0 bridgehead atoms. The Labute approximate surface area is 145 Å². The first-order valence-corrected chi connectivity index (χ1v) is 8.11. The Bertz CT molecular complexity index is 795. The first-order chi connectivity index (χ1) is 11.5. The number of nitrogens with zero attached hydrogens (tertiary/aromatic N) is 2. The smallest absolute Gasteiger partial charge is 0.136 e. The van der Waals surface area contributed by atoms with E-state index in [0.717, 1.165) is 16.8 Å². The summed E-state index contributed by atoms with van der Waals surface area (Å²) in [5, 5.41) is 18.8. The summed E-state index contributed by atoms with van der Waals surface area (Å²) in [5.74, 6) is 0.524. The van der Waals surface area contributed by atoms with E-state index in [9.17, 15) is 5.11 Å². The maximum Gasteiger partial charge on any atom is 0.136 e. The molecule has 126 valence electrons. The van der Waals surface area contributed by atoms with Gasteiger partial charge in [-0.25, -0.2) is 0 Å². The van der Waals surface area contributed by atoms with Gasteiger partial charge in [0.15, 0.2) is 0 Å². The van der Waals surface area contributed by atoms with E-state index in [1.165, 1.54) is 0 Å². The van der Waals surface area contributed by atoms with Gasteiger partial charge in [-0.15, -0.1) is 0 Å². The van der Waals surface area contributed by atoms with Crippen LogP contribution in [0.1, 0.15) is 18.2 Å². The van der Waals surface area contributed by atoms with Crippen molar-refractivity contribution in [2.45, 2.75) is 19.1 Å². The van der Waals surface area contributed by atoms with Crippen molar-refractivity contribution in [3.05, 3.63) is 65.2 Å². The van der Waals surface area contributed by atoms with E-state index in [1.807, 2.05) is 37.4 Å². The fourth-order valence-electron chi connectivity index (χ4n) is 2.63. The van der Waals surface area contributed by atoms with Crippen LogP contribution in [-0.2, 0) is 19.2 Å². The Kier molecular flexibility index (Phi) is 4.76. The molecule has 2 aromatic heterocycles. The van der Waals surface area contributed by atoms with Gasteiger partial charge in [0.05, 0.1) is 12.0 Å². The average molecular weight is 346 g/mol. The Hall–Kier alpha value is -2.08. The van der Waals surface area contributed by atoms with Crippen molar-refractivity contribution >= 4 is 11.6 Å². The van der Waals surface area contributed by atoms with Crippen LogP contribution in [0.15, 0.2) is 53.1 Å². The summed E-state index contributed by atoms with van der Waals surface area (Å²) in [6.45, 7) is 2.54. The Balaban J connectivity index is 1.76. The minimum absolute atomic E-state index is 0.333. The quantitative estimate of drug-likeness (QED) is 0.719. The Morgan fingerprint density at radius 2 is 2.00 bits per heavy atom. The highest BCUT2D eigenvalue weighted by Crippen LogP contribution is 2.28. The molecule has 24 heavy (non-hydrogen) atoms. The van der Waals surface area contributed by atoms with Crippen LogP contribution in [0.2, 0.25) is 5.15 Å². The number of nitrogens with one attached hydrogen (secondary N) is 1. The largest absolute Gasteiger partial charge is 0.466 e. The first kappa shape index (κ1) is 16.8. The van der Waals surface area contributed by atoms with Gasteiger partial charge in [-0.3, -0.25) is 4.68 Å². The van der Waals surface area contributed by atoms with Crippen LogP contribution in [0.25, 0.3) is 11.3 Å². The fourth-order valence-corrected chi connectivity index (χ4v) is 2.83. The molecule has 0 saturated heterocycles. The van der Waals surface area contributed by atoms with Gasteiger partial charge in [0.2, 0.25) is 0 Å². The number of rotatable bonds is 6. The predicted molar refractivity (Wildman–Crippen MR) is 93.6 cm³/mol. The Morgan fingerprint density at radius 3 is 2.67 bits per heavy atom. The number of aliphatic hydroxyl groups is 1. The van der Waals surface area contributed by atoms with Crippen LogP contribution in [-0.4, -0.2) is 21.4 Å². The molecule has 6 heteroatoms. The third kappa shape index (κ3) is 3.38. The number of benzene rings is 1. The van der Waals surface area contributed by atoms with E-state index in [1.54, 1.807) is 30.0 Å². The zero-order chi connectivity index (χ0) is 17.2. The molecular formula is C18H20ClN3O2. The molecule has 2 heterocycles. The lowest BCUT2D eigenvalue weighted by Gasteiger charge is -2.21. The number of aryl methyl sites for hydroxylation is 1. The van der Waals surface area contributed by atoms with Gasteiger partial charge in [-0.2, -0.15) is 5.10 Å². The molecular weight excluding hydrogens is 326 g/mol. The second-order valence-electron chi connectivity index (χ2n) is 5.96. The SMILES string of the molecule is Cn1nc(-c2ccccc2)c(CNCC(C)(O)c2ccco2)c1Cl. The van der Waals surface area contributed by atoms with E-state index < -0.39 is 5.60 Å². The maximum atomic E-state index is 10.5. The van der Waals surface area contributed by atoms with E-state index >= 15 is 0 Å². The molecule has 0 aliphatic heterocycles. The predicted octanol–water partition coefficient (Wildman–Crippen LogP) is 3.33. The molecule has 2 N–H and O–H groups in total. The highest BCUT2D eigenvalue weighted by atomic mass is 35.5. The standard InChI is InChI=1S/C18H20ClN3O2/c1-18(23,15-9-6-10-24-15)12-20-11-14-16(21-22(2)17(14)19)13-7-4-3-5-8-13/h3-10,20,23H,11-12H2,1-2H3. The third-order valence-corrected chi connectivity index (χ3v) is 4.41. The molecule has 0 saturated carbocycles. The number of hydrogen-bond donors (Lipinski definition) is 2. The molecule has 0 aliphatic rings. The molecule has 0 spiro atoms. The van der Waals surface area contributed by atoms with Crippen LogP contribution in [0.5, 0.6) is 0 Å². The third-order valence-electron chi connectivity index (χ3n) is 3.94. The molecule has 0 fully saturated rings. The first-order valence-electron chi connectivity index (χ1n) is 7.73. The normalized spacial score (nSPS) is 13.8. The summed E-state index contributed by atoms with van der Waals surface area (Å²) in [6.07, 6.45) is 1.55. The van der Waals surface area contributed by atoms with Crippen LogP contribution >= 0.6 is 11.6 Å². The van der Waals surface area contributed by atoms with Crippen molar-refractivity contribution in [3.63, 3.8) is 0 Å². The molecule has 1 unspecified atom stereocenters. The minimum atomic E-state index is -1.09. The zero-order valence-corrected chi connectivity index (χ0v) is 14.4. The van der Waals surface area contributed by atoms with Crippen LogP contribution in [0.3, 0.4) is 0 Å². The van der Waals surface area contributed by atoms with Crippen molar-refractivity contribution in [1.82, 2.24) is 15.1 Å². The van der Waals surface area contributed by atoms with E-state index in [4.69, 9.17) is 16.0 Å². The van der Waals surface area contributed by atoms with Gasteiger partial charge >= 0.3 is 0 Å². The minimum Gasteiger partial charge on any atom is -0.466 e. The molecule has 0 aliphatic carbocycles. The van der Waals surface area contributed by atoms with Gasteiger partial charge in [-0.05, 0) is 19.1 Å². The molecule has 0 amide bonds. The second-order valence-corrected chi connectivity index (χ2v) is 6.32. The summed E-state index contributed by atoms with van der Waals surface area (Å²) < 4.78 is 6.95. The van der Waals surface area contributed by atoms with Crippen LogP contribution in [0.4, 0.5) is 0 Å². The van der Waals surface area contributed by atoms with Crippen molar-refractivity contribution < 1.29 is 9.52 Å². The highest BCUT2D eigenvalue weighted by molar-refractivity contribution is 6.30. The van der Waals surface area contributed by atoms with E-state index in [2.05, 4.69) is 10.4 Å². The van der Waals surface area contributed by atoms with Crippen molar-refractivity contribution in [2.75, 3.05) is 6.54 Å². The average Bonchev–Trinajstić information content (AvgIpc) is 3.20. The molecule has 5 nitrogen and oxygen atoms in total. The molecule has 1 aromatic carbocycles. The molecule has 3 aromatic rings. The summed E-state index contributed by atoms with van der Waals surface area (Å²) >= 11 is 6.39. The lowest BCUT2D eigenvalue weighted by Crippen LogP contribution is -2.34. The van der Waals surface area contributed by atoms with Crippen LogP contribution in [0, 0.1) is 0 Å². The van der Waals surface area contributed by atoms with E-state index in [0.29, 0.717) is 24.0 Å². The second kappa shape index (κ2) is 6.81. The lowest BCUT2D eigenvalue weighted by atomic mass is 10.0. The number of aromatic nitrogens is 2. The fraction of sp³-hybridized carbons (Fsp3) is 0.278. The van der Waals surface area contributed by atoms with Gasteiger partial charge < -0.3 is 14.8 Å². The summed E-state index contributed by atoms with van der Waals surface area (Å²) in [5.41, 5.74) is 1.66. The summed E-state index contributed by atoms with van der Waals surface area (Å²) in [7, 11) is 1.82. The lowest BCUT2D eigenvalue weighted by molar-refractivity contribution is 0.0340. The monoisotopic (exact) mass is 345 g/mol. The van der Waals surface area contributed by atoms with Gasteiger partial charge in [0, 0.05) is 31.3 Å². The zero-order valence-electron chi connectivity index (χ0n) is 13.7. The summed E-state index contributed by atoms with van der Waals surface area (Å²) in [4.78, 5) is 0. The van der Waals surface area contributed by atoms with Gasteiger partial charge in [0.25, 0.3) is 0 Å². The highest BCUT2D eigenvalue weighted by Gasteiger charge is 2.26. The molecule has 1 atom stereocenters. The van der Waals surface area contributed by atoms with Gasteiger partial charge in [0.1, 0.15) is 16.5 Å². The summed E-state index contributed by atoms with van der Waals surface area (Å²) in [6, 6.07) is 13.4. The Morgan fingerprint density at radius 1 is 1.25 bits per heavy atom. The van der Waals surface area contributed by atoms with E-state index in [-0.39, 0.29) is 0 Å². The topological polar surface area (TPSA) is 63.2 Å². The molecule has 0 radical (unpaired) electrons. The number of furan rings is 1. The molecule has 3 rings (SSSR count). The van der Waals surface area contributed by atoms with Crippen molar-refractivity contribution in [1.29, 1.82) is 0 Å². The van der Waals surface area contributed by atoms with Crippen molar-refractivity contribution in [3.8, 4) is 11.3 Å². The maximum absolute atomic E-state index is 10.5.